The first-order valence-corrected chi connectivity index (χ1v) is 5.30. The molecule has 0 bridgehead atoms. The molecule has 0 radical (unpaired) electrons. The minimum atomic E-state index is -1.11. The molecule has 14 heavy (non-hydrogen) atoms. The molecule has 5 heteroatoms. The fourth-order valence-corrected chi connectivity index (χ4v) is 1.86. The molecule has 0 spiro atoms. The number of amides is 1. The summed E-state index contributed by atoms with van der Waals surface area (Å²) in [7, 11) is 0. The predicted molar refractivity (Wildman–Crippen MR) is 56.3 cm³/mol. The molecule has 82 valence electrons. The van der Waals surface area contributed by atoms with Crippen molar-refractivity contribution in [3.63, 3.8) is 0 Å². The molecule has 1 amide bonds. The molecule has 4 nitrogen and oxygen atoms in total. The smallest absolute Gasteiger partial charge is 0.235 e. The number of carbonyl (C=O) groups is 1. The van der Waals surface area contributed by atoms with E-state index in [9.17, 15) is 9.90 Å². The Balaban J connectivity index is 2.60. The zero-order chi connectivity index (χ0) is 10.8. The number of hydrogen-bond donors (Lipinski definition) is 3. The highest BCUT2D eigenvalue weighted by atomic mass is 32.1. The highest BCUT2D eigenvalue weighted by Gasteiger charge is 2.35. The number of aliphatic hydroxyl groups excluding tert-OH is 1. The molecule has 1 fully saturated rings. The lowest BCUT2D eigenvalue weighted by atomic mass is 9.93. The fraction of sp³-hybridized carbons (Fsp3) is 0.889. The lowest BCUT2D eigenvalue weighted by molar-refractivity contribution is -0.139. The van der Waals surface area contributed by atoms with Crippen molar-refractivity contribution in [2.45, 2.75) is 30.6 Å². The average molecular weight is 219 g/mol. The largest absolute Gasteiger partial charge is 0.393 e. The van der Waals surface area contributed by atoms with Crippen molar-refractivity contribution in [1.29, 1.82) is 0 Å². The van der Waals surface area contributed by atoms with Gasteiger partial charge in [-0.25, -0.2) is 0 Å². The summed E-state index contributed by atoms with van der Waals surface area (Å²) in [5.41, 5.74) is -1.11. The SMILES string of the molecule is CC(S)C(=O)N1CCCC(O)(CO)C1. The Morgan fingerprint density at radius 2 is 2.36 bits per heavy atom. The first-order chi connectivity index (χ1) is 6.48. The van der Waals surface area contributed by atoms with Crippen LogP contribution in [0.4, 0.5) is 0 Å². The van der Waals surface area contributed by atoms with Crippen LogP contribution >= 0.6 is 12.6 Å². The maximum Gasteiger partial charge on any atom is 0.235 e. The fourth-order valence-electron chi connectivity index (χ4n) is 1.69. The van der Waals surface area contributed by atoms with E-state index in [4.69, 9.17) is 5.11 Å². The maximum atomic E-state index is 11.6. The van der Waals surface area contributed by atoms with Gasteiger partial charge >= 0.3 is 0 Å². The molecule has 0 saturated carbocycles. The lowest BCUT2D eigenvalue weighted by Crippen LogP contribution is -2.53. The van der Waals surface area contributed by atoms with Crippen molar-refractivity contribution in [2.24, 2.45) is 0 Å². The summed E-state index contributed by atoms with van der Waals surface area (Å²) < 4.78 is 0. The summed E-state index contributed by atoms with van der Waals surface area (Å²) in [5, 5.41) is 18.4. The summed E-state index contributed by atoms with van der Waals surface area (Å²) in [6.07, 6.45) is 1.28. The predicted octanol–water partition coefficient (Wildman–Crippen LogP) is -0.350. The zero-order valence-electron chi connectivity index (χ0n) is 8.31. The van der Waals surface area contributed by atoms with E-state index in [1.165, 1.54) is 0 Å². The van der Waals surface area contributed by atoms with Gasteiger partial charge in [0.15, 0.2) is 0 Å². The number of thiol groups is 1. The van der Waals surface area contributed by atoms with Gasteiger partial charge < -0.3 is 15.1 Å². The molecule has 2 unspecified atom stereocenters. The van der Waals surface area contributed by atoms with Gasteiger partial charge in [0.2, 0.25) is 5.91 Å². The molecule has 1 rings (SSSR count). The molecular formula is C9H17NO3S. The van der Waals surface area contributed by atoms with E-state index in [0.717, 1.165) is 6.42 Å². The van der Waals surface area contributed by atoms with Gasteiger partial charge in [-0.3, -0.25) is 4.79 Å². The van der Waals surface area contributed by atoms with Crippen molar-refractivity contribution < 1.29 is 15.0 Å². The van der Waals surface area contributed by atoms with E-state index in [-0.39, 0.29) is 24.3 Å². The number of β-amino-alcohol motifs (C(OH)–C–C–N with tert-alkyl or cyclic N) is 1. The van der Waals surface area contributed by atoms with Gasteiger partial charge in [-0.15, -0.1) is 0 Å². The van der Waals surface area contributed by atoms with Crippen LogP contribution in [0.3, 0.4) is 0 Å². The normalized spacial score (nSPS) is 30.1. The molecule has 0 aromatic heterocycles. The monoisotopic (exact) mass is 219 g/mol. The number of hydrogen-bond acceptors (Lipinski definition) is 4. The first-order valence-electron chi connectivity index (χ1n) is 4.78. The van der Waals surface area contributed by atoms with Gasteiger partial charge in [0.1, 0.15) is 5.60 Å². The van der Waals surface area contributed by atoms with E-state index in [1.54, 1.807) is 11.8 Å². The summed E-state index contributed by atoms with van der Waals surface area (Å²) in [5.74, 6) is -0.0834. The van der Waals surface area contributed by atoms with Crippen LogP contribution in [0, 0.1) is 0 Å². The molecule has 2 atom stereocenters. The maximum absolute atomic E-state index is 11.6. The molecule has 1 aliphatic heterocycles. The minimum absolute atomic E-state index is 0.0834. The Bertz CT molecular complexity index is 222. The van der Waals surface area contributed by atoms with E-state index in [1.807, 2.05) is 0 Å². The Hall–Kier alpha value is -0.260. The molecule has 0 aliphatic carbocycles. The van der Waals surface area contributed by atoms with Crippen molar-refractivity contribution in [2.75, 3.05) is 19.7 Å². The van der Waals surface area contributed by atoms with Gasteiger partial charge in [-0.05, 0) is 19.8 Å². The van der Waals surface area contributed by atoms with E-state index in [0.29, 0.717) is 13.0 Å². The lowest BCUT2D eigenvalue weighted by Gasteiger charge is -2.38. The topological polar surface area (TPSA) is 60.8 Å². The summed E-state index contributed by atoms with van der Waals surface area (Å²) in [6, 6.07) is 0. The van der Waals surface area contributed by atoms with Crippen LogP contribution in [0.5, 0.6) is 0 Å². The number of piperidine rings is 1. The number of carbonyl (C=O) groups excluding carboxylic acids is 1. The second kappa shape index (κ2) is 4.51. The van der Waals surface area contributed by atoms with Crippen LogP contribution in [-0.4, -0.2) is 51.6 Å². The molecule has 1 heterocycles. The number of nitrogens with zero attached hydrogens (tertiary/aromatic N) is 1. The van der Waals surface area contributed by atoms with Crippen molar-refractivity contribution in [3.05, 3.63) is 0 Å². The van der Waals surface area contributed by atoms with Crippen LogP contribution in [0.2, 0.25) is 0 Å². The number of aliphatic hydroxyl groups is 2. The van der Waals surface area contributed by atoms with Crippen LogP contribution in [0.1, 0.15) is 19.8 Å². The summed E-state index contributed by atoms with van der Waals surface area (Å²) in [6.45, 7) is 2.27. The van der Waals surface area contributed by atoms with E-state index >= 15 is 0 Å². The summed E-state index contributed by atoms with van der Waals surface area (Å²) >= 11 is 4.05. The van der Waals surface area contributed by atoms with Crippen LogP contribution in [-0.2, 0) is 4.79 Å². The average Bonchev–Trinajstić information content (AvgIpc) is 2.16. The number of likely N-dealkylation sites (tertiary alicyclic amines) is 1. The minimum Gasteiger partial charge on any atom is -0.393 e. The molecule has 1 saturated heterocycles. The summed E-state index contributed by atoms with van der Waals surface area (Å²) in [4.78, 5) is 13.1. The molecule has 0 aromatic carbocycles. The molecular weight excluding hydrogens is 202 g/mol. The second-order valence-electron chi connectivity index (χ2n) is 3.92. The highest BCUT2D eigenvalue weighted by Crippen LogP contribution is 2.21. The standard InChI is InChI=1S/C9H17NO3S/c1-7(14)8(12)10-4-2-3-9(13,5-10)6-11/h7,11,13-14H,2-6H2,1H3. The van der Waals surface area contributed by atoms with Gasteiger partial charge in [0.25, 0.3) is 0 Å². The van der Waals surface area contributed by atoms with Crippen LogP contribution < -0.4 is 0 Å². The first kappa shape index (κ1) is 11.8. The van der Waals surface area contributed by atoms with Gasteiger partial charge in [0, 0.05) is 6.54 Å². The quantitative estimate of drug-likeness (QED) is 0.556. The van der Waals surface area contributed by atoms with Gasteiger partial charge in [-0.1, -0.05) is 0 Å². The van der Waals surface area contributed by atoms with Crippen LogP contribution in [0.15, 0.2) is 0 Å². The number of rotatable bonds is 2. The van der Waals surface area contributed by atoms with Crippen LogP contribution in [0.25, 0.3) is 0 Å². The van der Waals surface area contributed by atoms with Gasteiger partial charge in [0.05, 0.1) is 18.4 Å². The van der Waals surface area contributed by atoms with E-state index < -0.39 is 5.60 Å². The van der Waals surface area contributed by atoms with Crippen molar-refractivity contribution >= 4 is 18.5 Å². The Kier molecular flexibility index (Phi) is 3.80. The Morgan fingerprint density at radius 1 is 1.71 bits per heavy atom. The third kappa shape index (κ3) is 2.62. The van der Waals surface area contributed by atoms with Crippen molar-refractivity contribution in [3.8, 4) is 0 Å². The van der Waals surface area contributed by atoms with Gasteiger partial charge in [-0.2, -0.15) is 12.6 Å². The third-order valence-corrected chi connectivity index (χ3v) is 2.74. The molecule has 1 aliphatic rings. The third-order valence-electron chi connectivity index (χ3n) is 2.52. The van der Waals surface area contributed by atoms with Crippen molar-refractivity contribution in [1.82, 2.24) is 4.90 Å². The zero-order valence-corrected chi connectivity index (χ0v) is 9.20. The molecule has 2 N–H and O–H groups in total. The Labute approximate surface area is 89.3 Å². The highest BCUT2D eigenvalue weighted by molar-refractivity contribution is 7.81. The Morgan fingerprint density at radius 3 is 2.86 bits per heavy atom. The van der Waals surface area contributed by atoms with E-state index in [2.05, 4.69) is 12.6 Å². The second-order valence-corrected chi connectivity index (χ2v) is 4.70. The molecule has 0 aromatic rings.